The third kappa shape index (κ3) is 4.96. The largest absolute Gasteiger partial charge is 0.381 e. The molecule has 1 aliphatic rings. The van der Waals surface area contributed by atoms with Crippen molar-refractivity contribution in [1.29, 1.82) is 0 Å². The Hall–Kier alpha value is -0.120. The minimum Gasteiger partial charge on any atom is -0.381 e. The highest BCUT2D eigenvalue weighted by atomic mass is 16.5. The molecule has 0 bridgehead atoms. The molecule has 1 aliphatic heterocycles. The molecule has 1 heterocycles. The summed E-state index contributed by atoms with van der Waals surface area (Å²) >= 11 is 0. The molecule has 0 radical (unpaired) electrons. The van der Waals surface area contributed by atoms with Gasteiger partial charge in [0.1, 0.15) is 0 Å². The Bertz CT molecular complexity index is 160. The molecular weight excluding hydrogens is 190 g/mol. The number of nitrogens with one attached hydrogen (secondary N) is 1. The van der Waals surface area contributed by atoms with Crippen LogP contribution in [0.2, 0.25) is 0 Å². The molecule has 2 unspecified atom stereocenters. The first-order valence-corrected chi connectivity index (χ1v) is 6.16. The van der Waals surface area contributed by atoms with Crippen molar-refractivity contribution in [2.24, 2.45) is 5.92 Å². The Labute approximate surface area is 93.5 Å². The van der Waals surface area contributed by atoms with Crippen LogP contribution in [0, 0.1) is 5.92 Å². The SMILES string of the molecule is CCNC1CCOCC1CCOC(C)C. The summed E-state index contributed by atoms with van der Waals surface area (Å²) < 4.78 is 11.1. The van der Waals surface area contributed by atoms with Crippen LogP contribution in [0.4, 0.5) is 0 Å². The molecule has 0 aliphatic carbocycles. The summed E-state index contributed by atoms with van der Waals surface area (Å²) in [6, 6.07) is 0.625. The summed E-state index contributed by atoms with van der Waals surface area (Å²) in [5.74, 6) is 0.623. The van der Waals surface area contributed by atoms with Gasteiger partial charge < -0.3 is 14.8 Å². The van der Waals surface area contributed by atoms with E-state index in [1.165, 1.54) is 0 Å². The first-order valence-electron chi connectivity index (χ1n) is 6.16. The number of hydrogen-bond donors (Lipinski definition) is 1. The Morgan fingerprint density at radius 1 is 1.47 bits per heavy atom. The van der Waals surface area contributed by atoms with Gasteiger partial charge in [0.25, 0.3) is 0 Å². The summed E-state index contributed by atoms with van der Waals surface area (Å²) in [5, 5.41) is 3.54. The number of rotatable bonds is 6. The zero-order chi connectivity index (χ0) is 11.1. The monoisotopic (exact) mass is 215 g/mol. The predicted octanol–water partition coefficient (Wildman–Crippen LogP) is 1.82. The average molecular weight is 215 g/mol. The predicted molar refractivity (Wildman–Crippen MR) is 62.1 cm³/mol. The summed E-state index contributed by atoms with van der Waals surface area (Å²) in [4.78, 5) is 0. The molecule has 1 saturated heterocycles. The van der Waals surface area contributed by atoms with Crippen molar-refractivity contribution in [3.8, 4) is 0 Å². The van der Waals surface area contributed by atoms with Gasteiger partial charge in [0.2, 0.25) is 0 Å². The van der Waals surface area contributed by atoms with Gasteiger partial charge in [-0.3, -0.25) is 0 Å². The van der Waals surface area contributed by atoms with E-state index >= 15 is 0 Å². The van der Waals surface area contributed by atoms with Gasteiger partial charge in [-0.05, 0) is 39.2 Å². The molecule has 0 spiro atoms. The van der Waals surface area contributed by atoms with Gasteiger partial charge in [-0.2, -0.15) is 0 Å². The van der Waals surface area contributed by atoms with Crippen molar-refractivity contribution in [2.45, 2.75) is 45.8 Å². The molecule has 0 aromatic carbocycles. The van der Waals surface area contributed by atoms with Crippen LogP contribution in [0.3, 0.4) is 0 Å². The zero-order valence-corrected chi connectivity index (χ0v) is 10.3. The molecule has 1 fully saturated rings. The van der Waals surface area contributed by atoms with Gasteiger partial charge in [0.05, 0.1) is 12.7 Å². The molecule has 90 valence electrons. The fourth-order valence-corrected chi connectivity index (χ4v) is 2.07. The number of hydrogen-bond acceptors (Lipinski definition) is 3. The smallest absolute Gasteiger partial charge is 0.0518 e. The van der Waals surface area contributed by atoms with Crippen LogP contribution in [0.1, 0.15) is 33.6 Å². The summed E-state index contributed by atoms with van der Waals surface area (Å²) in [5.41, 5.74) is 0. The van der Waals surface area contributed by atoms with Gasteiger partial charge in [-0.25, -0.2) is 0 Å². The van der Waals surface area contributed by atoms with Crippen LogP contribution in [-0.2, 0) is 9.47 Å². The molecule has 1 N–H and O–H groups in total. The molecule has 1 rings (SSSR count). The van der Waals surface area contributed by atoms with Crippen molar-refractivity contribution in [2.75, 3.05) is 26.4 Å². The minimum absolute atomic E-state index is 0.340. The maximum absolute atomic E-state index is 5.59. The van der Waals surface area contributed by atoms with E-state index in [-0.39, 0.29) is 0 Å². The van der Waals surface area contributed by atoms with E-state index in [1.54, 1.807) is 0 Å². The van der Waals surface area contributed by atoms with Crippen molar-refractivity contribution in [1.82, 2.24) is 5.32 Å². The molecule has 0 saturated carbocycles. The minimum atomic E-state index is 0.340. The Morgan fingerprint density at radius 3 is 2.93 bits per heavy atom. The van der Waals surface area contributed by atoms with E-state index in [0.29, 0.717) is 18.1 Å². The van der Waals surface area contributed by atoms with Crippen LogP contribution in [-0.4, -0.2) is 38.5 Å². The van der Waals surface area contributed by atoms with E-state index in [2.05, 4.69) is 26.1 Å². The second-order valence-electron chi connectivity index (χ2n) is 4.50. The third-order valence-corrected chi connectivity index (χ3v) is 2.88. The third-order valence-electron chi connectivity index (χ3n) is 2.88. The van der Waals surface area contributed by atoms with Crippen molar-refractivity contribution in [3.63, 3.8) is 0 Å². The fraction of sp³-hybridized carbons (Fsp3) is 1.00. The lowest BCUT2D eigenvalue weighted by molar-refractivity contribution is 0.00517. The molecule has 2 atom stereocenters. The quantitative estimate of drug-likeness (QED) is 0.733. The van der Waals surface area contributed by atoms with Crippen molar-refractivity contribution < 1.29 is 9.47 Å². The Morgan fingerprint density at radius 2 is 2.27 bits per heavy atom. The van der Waals surface area contributed by atoms with Gasteiger partial charge >= 0.3 is 0 Å². The number of ether oxygens (including phenoxy) is 2. The highest BCUT2D eigenvalue weighted by molar-refractivity contribution is 4.79. The first kappa shape index (κ1) is 12.9. The molecule has 0 aromatic rings. The maximum atomic E-state index is 5.59. The lowest BCUT2D eigenvalue weighted by Gasteiger charge is -2.32. The van der Waals surface area contributed by atoms with Gasteiger partial charge in [0, 0.05) is 19.3 Å². The van der Waals surface area contributed by atoms with Crippen molar-refractivity contribution >= 4 is 0 Å². The average Bonchev–Trinajstić information content (AvgIpc) is 2.20. The maximum Gasteiger partial charge on any atom is 0.0518 e. The molecule has 0 amide bonds. The van der Waals surface area contributed by atoms with Crippen LogP contribution in [0.5, 0.6) is 0 Å². The standard InChI is InChI=1S/C12H25NO2/c1-4-13-12-6-7-14-9-11(12)5-8-15-10(2)3/h10-13H,4-9H2,1-3H3. The van der Waals surface area contributed by atoms with Crippen molar-refractivity contribution in [3.05, 3.63) is 0 Å². The molecular formula is C12H25NO2. The Kier molecular flexibility index (Phi) is 6.22. The zero-order valence-electron chi connectivity index (χ0n) is 10.3. The second kappa shape index (κ2) is 7.20. The van der Waals surface area contributed by atoms with E-state index in [9.17, 15) is 0 Å². The second-order valence-corrected chi connectivity index (χ2v) is 4.50. The Balaban J connectivity index is 2.23. The van der Waals surface area contributed by atoms with Gasteiger partial charge in [0.15, 0.2) is 0 Å². The summed E-state index contributed by atoms with van der Waals surface area (Å²) in [6.45, 7) is 10.0. The van der Waals surface area contributed by atoms with Gasteiger partial charge in [-0.15, -0.1) is 0 Å². The van der Waals surface area contributed by atoms with Crippen LogP contribution >= 0.6 is 0 Å². The molecule has 0 aromatic heterocycles. The van der Waals surface area contributed by atoms with Crippen LogP contribution < -0.4 is 5.32 Å². The molecule has 3 nitrogen and oxygen atoms in total. The van der Waals surface area contributed by atoms with E-state index in [0.717, 1.165) is 39.2 Å². The first-order chi connectivity index (χ1) is 7.24. The van der Waals surface area contributed by atoms with Crippen LogP contribution in [0.25, 0.3) is 0 Å². The van der Waals surface area contributed by atoms with Gasteiger partial charge in [-0.1, -0.05) is 6.92 Å². The highest BCUT2D eigenvalue weighted by Crippen LogP contribution is 2.18. The van der Waals surface area contributed by atoms with E-state index < -0.39 is 0 Å². The van der Waals surface area contributed by atoms with E-state index in [4.69, 9.17) is 9.47 Å². The fourth-order valence-electron chi connectivity index (χ4n) is 2.07. The lowest BCUT2D eigenvalue weighted by Crippen LogP contribution is -2.43. The molecule has 3 heteroatoms. The van der Waals surface area contributed by atoms with Crippen LogP contribution in [0.15, 0.2) is 0 Å². The summed E-state index contributed by atoms with van der Waals surface area (Å²) in [6.07, 6.45) is 2.59. The molecule has 15 heavy (non-hydrogen) atoms. The van der Waals surface area contributed by atoms with E-state index in [1.807, 2.05) is 0 Å². The normalized spacial score (nSPS) is 27.2. The topological polar surface area (TPSA) is 30.5 Å². The lowest BCUT2D eigenvalue weighted by atomic mass is 9.93. The highest BCUT2D eigenvalue weighted by Gasteiger charge is 2.24. The summed E-state index contributed by atoms with van der Waals surface area (Å²) in [7, 11) is 0.